The number of rotatable bonds is 7. The van der Waals surface area contributed by atoms with Crippen LogP contribution in [-0.2, 0) is 16.4 Å². The van der Waals surface area contributed by atoms with E-state index < -0.39 is 10.0 Å². The molecule has 1 heterocycles. The number of halogens is 1. The maximum atomic E-state index is 13.1. The fraction of sp³-hybridized carbons (Fsp3) is 0.250. The summed E-state index contributed by atoms with van der Waals surface area (Å²) in [5.41, 5.74) is 2.45. The second kappa shape index (κ2) is 8.38. The van der Waals surface area contributed by atoms with Gasteiger partial charge in [0, 0.05) is 17.0 Å². The third kappa shape index (κ3) is 4.57. The molecule has 0 bridgehead atoms. The lowest BCUT2D eigenvalue weighted by Crippen LogP contribution is -2.26. The van der Waals surface area contributed by atoms with Crippen LogP contribution in [0.25, 0.3) is 10.6 Å². The minimum atomic E-state index is -3.60. The van der Waals surface area contributed by atoms with Crippen molar-refractivity contribution in [1.82, 2.24) is 9.71 Å². The first-order valence-electron chi connectivity index (χ1n) is 8.66. The third-order valence-electron chi connectivity index (χ3n) is 4.30. The highest BCUT2D eigenvalue weighted by Gasteiger charge is 2.16. The molecule has 0 aliphatic rings. The Morgan fingerprint density at radius 3 is 2.50 bits per heavy atom. The van der Waals surface area contributed by atoms with Crippen LogP contribution in [0.2, 0.25) is 0 Å². The molecular weight excluding hydrogens is 399 g/mol. The monoisotopic (exact) mass is 420 g/mol. The molecule has 1 aromatic heterocycles. The number of hydrogen-bond acceptors (Lipinski definition) is 5. The van der Waals surface area contributed by atoms with E-state index in [0.717, 1.165) is 26.7 Å². The lowest BCUT2D eigenvalue weighted by Gasteiger charge is -2.09. The number of aromatic nitrogens is 1. The van der Waals surface area contributed by atoms with E-state index in [0.29, 0.717) is 12.2 Å². The molecule has 1 N–H and O–H groups in total. The number of ether oxygens (including phenoxy) is 1. The van der Waals surface area contributed by atoms with Crippen molar-refractivity contribution >= 4 is 21.4 Å². The number of aryl methyl sites for hydroxylation is 2. The van der Waals surface area contributed by atoms with Crippen molar-refractivity contribution in [2.24, 2.45) is 0 Å². The SMILES string of the molecule is COc1ccc(S(=O)(=O)NCCc2sc(-c3ccc(F)cc3)nc2C)cc1C. The topological polar surface area (TPSA) is 68.3 Å². The van der Waals surface area contributed by atoms with Crippen LogP contribution < -0.4 is 9.46 Å². The normalized spacial score (nSPS) is 11.6. The van der Waals surface area contributed by atoms with Gasteiger partial charge in [0.05, 0.1) is 17.7 Å². The summed E-state index contributed by atoms with van der Waals surface area (Å²) in [6.07, 6.45) is 0.527. The van der Waals surface area contributed by atoms with Crippen LogP contribution in [0.3, 0.4) is 0 Å². The molecule has 0 spiro atoms. The van der Waals surface area contributed by atoms with E-state index in [-0.39, 0.29) is 17.3 Å². The van der Waals surface area contributed by atoms with E-state index in [1.165, 1.54) is 29.5 Å². The van der Waals surface area contributed by atoms with E-state index in [2.05, 4.69) is 9.71 Å². The lowest BCUT2D eigenvalue weighted by atomic mass is 10.2. The number of benzene rings is 2. The Morgan fingerprint density at radius 1 is 1.14 bits per heavy atom. The van der Waals surface area contributed by atoms with E-state index in [4.69, 9.17) is 4.74 Å². The third-order valence-corrected chi connectivity index (χ3v) is 7.03. The summed E-state index contributed by atoms with van der Waals surface area (Å²) in [5, 5.41) is 0.793. The summed E-state index contributed by atoms with van der Waals surface area (Å²) in [6.45, 7) is 3.95. The van der Waals surface area contributed by atoms with Crippen LogP contribution in [0.5, 0.6) is 5.75 Å². The van der Waals surface area contributed by atoms with Crippen molar-refractivity contribution in [1.29, 1.82) is 0 Å². The average molecular weight is 421 g/mol. The van der Waals surface area contributed by atoms with Gasteiger partial charge in [0.25, 0.3) is 0 Å². The van der Waals surface area contributed by atoms with Crippen LogP contribution >= 0.6 is 11.3 Å². The smallest absolute Gasteiger partial charge is 0.240 e. The molecule has 0 atom stereocenters. The van der Waals surface area contributed by atoms with Crippen LogP contribution in [0.15, 0.2) is 47.4 Å². The van der Waals surface area contributed by atoms with Crippen LogP contribution in [0.1, 0.15) is 16.1 Å². The van der Waals surface area contributed by atoms with Gasteiger partial charge in [0.2, 0.25) is 10.0 Å². The highest BCUT2D eigenvalue weighted by atomic mass is 32.2. The second-order valence-corrected chi connectivity index (χ2v) is 9.16. The fourth-order valence-corrected chi connectivity index (χ4v) is 4.96. The average Bonchev–Trinajstić information content (AvgIpc) is 3.03. The predicted molar refractivity (Wildman–Crippen MR) is 109 cm³/mol. The standard InChI is InChI=1S/C20H21FN2O3S2/c1-13-12-17(8-9-18(13)26-3)28(24,25)22-11-10-19-14(2)23-20(27-19)15-4-6-16(21)7-5-15/h4-9,12,22H,10-11H2,1-3H3. The van der Waals surface area contributed by atoms with Gasteiger partial charge in [-0.15, -0.1) is 11.3 Å². The molecular formula is C20H21FN2O3S2. The molecule has 3 rings (SSSR count). The maximum Gasteiger partial charge on any atom is 0.240 e. The molecule has 0 fully saturated rings. The summed E-state index contributed by atoms with van der Waals surface area (Å²) in [4.78, 5) is 5.72. The molecule has 8 heteroatoms. The zero-order valence-electron chi connectivity index (χ0n) is 15.8. The van der Waals surface area contributed by atoms with Gasteiger partial charge in [0.1, 0.15) is 16.6 Å². The second-order valence-electron chi connectivity index (χ2n) is 6.31. The van der Waals surface area contributed by atoms with Crippen molar-refractivity contribution in [2.45, 2.75) is 25.2 Å². The van der Waals surface area contributed by atoms with E-state index in [9.17, 15) is 12.8 Å². The highest BCUT2D eigenvalue weighted by Crippen LogP contribution is 2.28. The molecule has 28 heavy (non-hydrogen) atoms. The molecule has 3 aromatic rings. The molecule has 0 saturated carbocycles. The van der Waals surface area contributed by atoms with Crippen molar-refractivity contribution in [2.75, 3.05) is 13.7 Å². The minimum Gasteiger partial charge on any atom is -0.496 e. The Morgan fingerprint density at radius 2 is 1.86 bits per heavy atom. The molecule has 5 nitrogen and oxygen atoms in total. The maximum absolute atomic E-state index is 13.1. The Balaban J connectivity index is 1.67. The number of nitrogens with one attached hydrogen (secondary N) is 1. The van der Waals surface area contributed by atoms with Gasteiger partial charge >= 0.3 is 0 Å². The largest absolute Gasteiger partial charge is 0.496 e. The zero-order valence-corrected chi connectivity index (χ0v) is 17.5. The molecule has 0 amide bonds. The van der Waals surface area contributed by atoms with E-state index in [1.54, 1.807) is 38.3 Å². The fourth-order valence-electron chi connectivity index (χ4n) is 2.78. The summed E-state index contributed by atoms with van der Waals surface area (Å²) in [7, 11) is -2.06. The summed E-state index contributed by atoms with van der Waals surface area (Å²) in [6, 6.07) is 10.9. The van der Waals surface area contributed by atoms with Crippen LogP contribution in [-0.4, -0.2) is 27.1 Å². The number of nitrogens with zero attached hydrogens (tertiary/aromatic N) is 1. The first kappa shape index (κ1) is 20.4. The van der Waals surface area contributed by atoms with Gasteiger partial charge in [-0.25, -0.2) is 22.5 Å². The van der Waals surface area contributed by atoms with Gasteiger partial charge < -0.3 is 4.74 Å². The Hall–Kier alpha value is -2.29. The highest BCUT2D eigenvalue weighted by molar-refractivity contribution is 7.89. The lowest BCUT2D eigenvalue weighted by molar-refractivity contribution is 0.411. The minimum absolute atomic E-state index is 0.207. The molecule has 2 aromatic carbocycles. The molecule has 0 aliphatic heterocycles. The Kier molecular flexibility index (Phi) is 6.12. The van der Waals surface area contributed by atoms with Gasteiger partial charge in [-0.3, -0.25) is 0 Å². The van der Waals surface area contributed by atoms with Crippen LogP contribution in [0.4, 0.5) is 4.39 Å². The Labute approximate surface area is 168 Å². The van der Waals surface area contributed by atoms with Crippen LogP contribution in [0, 0.1) is 19.7 Å². The van der Waals surface area contributed by atoms with Crippen molar-refractivity contribution in [3.05, 3.63) is 64.4 Å². The molecule has 0 radical (unpaired) electrons. The molecule has 148 valence electrons. The van der Waals surface area contributed by atoms with Crippen molar-refractivity contribution < 1.29 is 17.5 Å². The molecule has 0 unspecified atom stereocenters. The number of thiazole rings is 1. The first-order chi connectivity index (χ1) is 13.3. The quantitative estimate of drug-likeness (QED) is 0.625. The summed E-state index contributed by atoms with van der Waals surface area (Å²) in [5.74, 6) is 0.355. The van der Waals surface area contributed by atoms with Crippen molar-refractivity contribution in [3.63, 3.8) is 0 Å². The van der Waals surface area contributed by atoms with E-state index >= 15 is 0 Å². The number of sulfonamides is 1. The zero-order chi connectivity index (χ0) is 20.3. The van der Waals surface area contributed by atoms with E-state index in [1.807, 2.05) is 6.92 Å². The summed E-state index contributed by atoms with van der Waals surface area (Å²) >= 11 is 1.49. The van der Waals surface area contributed by atoms with Gasteiger partial charge in [-0.1, -0.05) is 0 Å². The Bertz CT molecular complexity index is 1080. The predicted octanol–water partition coefficient (Wildman–Crippen LogP) is 4.10. The van der Waals surface area contributed by atoms with Gasteiger partial charge in [0.15, 0.2) is 0 Å². The van der Waals surface area contributed by atoms with Crippen molar-refractivity contribution in [3.8, 4) is 16.3 Å². The van der Waals surface area contributed by atoms with Gasteiger partial charge in [-0.05, 0) is 68.3 Å². The number of methoxy groups -OCH3 is 1. The first-order valence-corrected chi connectivity index (χ1v) is 11.0. The number of hydrogen-bond donors (Lipinski definition) is 1. The van der Waals surface area contributed by atoms with Gasteiger partial charge in [-0.2, -0.15) is 0 Å². The summed E-state index contributed by atoms with van der Waals surface area (Å²) < 4.78 is 45.9. The molecule has 0 aliphatic carbocycles. The molecule has 0 saturated heterocycles.